The molecule has 4 rings (SSSR count). The Labute approximate surface area is 213 Å². The van der Waals surface area contributed by atoms with Crippen LogP contribution in [0.2, 0.25) is 0 Å². The van der Waals surface area contributed by atoms with Crippen molar-refractivity contribution >= 4 is 55.6 Å². The van der Waals surface area contributed by atoms with E-state index in [0.29, 0.717) is 42.0 Å². The summed E-state index contributed by atoms with van der Waals surface area (Å²) in [6.07, 6.45) is 2.66. The Bertz CT molecular complexity index is 1300. The number of benzene rings is 1. The van der Waals surface area contributed by atoms with Gasteiger partial charge in [0.2, 0.25) is 10.0 Å². The SMILES string of the molecule is C[C@H]1CN(C(=O)OC(C)(C)C)CCN1c1ncnc2c1c(I)cn2S(=O)(=O)Cc1ccccc1. The van der Waals surface area contributed by atoms with Crippen LogP contribution in [0.15, 0.2) is 42.9 Å². The van der Waals surface area contributed by atoms with E-state index in [-0.39, 0.29) is 17.9 Å². The Morgan fingerprint density at radius 1 is 1.18 bits per heavy atom. The standard InChI is InChI=1S/C23H28IN5O4S/c1-16-12-27(22(30)33-23(2,3)4)10-11-28(16)20-19-18(24)13-29(21(19)26-15-25-20)34(31,32)14-17-8-6-5-7-9-17/h5-9,13,15-16H,10-12,14H2,1-4H3/t16-/m0/s1. The first-order valence-corrected chi connectivity index (χ1v) is 13.7. The molecule has 1 atom stereocenters. The van der Waals surface area contributed by atoms with Gasteiger partial charge < -0.3 is 14.5 Å². The van der Waals surface area contributed by atoms with Crippen LogP contribution >= 0.6 is 22.6 Å². The molecule has 0 N–H and O–H groups in total. The molecule has 0 unspecified atom stereocenters. The van der Waals surface area contributed by atoms with Crippen LogP contribution in [0.3, 0.4) is 0 Å². The number of nitrogens with zero attached hydrogens (tertiary/aromatic N) is 5. The predicted octanol–water partition coefficient (Wildman–Crippen LogP) is 3.86. The van der Waals surface area contributed by atoms with E-state index in [4.69, 9.17) is 4.74 Å². The number of hydrogen-bond donors (Lipinski definition) is 0. The fourth-order valence-corrected chi connectivity index (χ4v) is 6.40. The first-order chi connectivity index (χ1) is 16.0. The van der Waals surface area contributed by atoms with Gasteiger partial charge in [-0.05, 0) is 55.8 Å². The van der Waals surface area contributed by atoms with Gasteiger partial charge in [-0.1, -0.05) is 30.3 Å². The van der Waals surface area contributed by atoms with Gasteiger partial charge >= 0.3 is 6.09 Å². The molecule has 1 aliphatic heterocycles. The molecular weight excluding hydrogens is 569 g/mol. The lowest BCUT2D eigenvalue weighted by molar-refractivity contribution is 0.0218. The summed E-state index contributed by atoms with van der Waals surface area (Å²) in [6, 6.07) is 9.04. The predicted molar refractivity (Wildman–Crippen MR) is 139 cm³/mol. The molecule has 0 bridgehead atoms. The first kappa shape index (κ1) is 24.7. The fourth-order valence-electron chi connectivity index (χ4n) is 4.03. The van der Waals surface area contributed by atoms with Crippen molar-refractivity contribution in [1.29, 1.82) is 0 Å². The second-order valence-corrected chi connectivity index (χ2v) is 12.4. The van der Waals surface area contributed by atoms with Crippen molar-refractivity contribution in [2.45, 2.75) is 45.1 Å². The number of amides is 1. The molecule has 0 saturated carbocycles. The Balaban J connectivity index is 1.63. The minimum absolute atomic E-state index is 0.0422. The van der Waals surface area contributed by atoms with Gasteiger partial charge in [-0.25, -0.2) is 27.2 Å². The van der Waals surface area contributed by atoms with Crippen LogP contribution in [0.1, 0.15) is 33.3 Å². The highest BCUT2D eigenvalue weighted by Crippen LogP contribution is 2.33. The summed E-state index contributed by atoms with van der Waals surface area (Å²) in [5.41, 5.74) is 0.508. The average Bonchev–Trinajstić information content (AvgIpc) is 3.11. The van der Waals surface area contributed by atoms with Crippen LogP contribution in [0.25, 0.3) is 11.0 Å². The molecule has 34 heavy (non-hydrogen) atoms. The second-order valence-electron chi connectivity index (χ2n) is 9.38. The van der Waals surface area contributed by atoms with Gasteiger partial charge in [0.15, 0.2) is 5.65 Å². The zero-order valence-corrected chi connectivity index (χ0v) is 22.6. The van der Waals surface area contributed by atoms with Crippen molar-refractivity contribution in [1.82, 2.24) is 18.8 Å². The summed E-state index contributed by atoms with van der Waals surface area (Å²) >= 11 is 2.13. The molecule has 0 aliphatic carbocycles. The van der Waals surface area contributed by atoms with Gasteiger partial charge in [0.1, 0.15) is 17.7 Å². The van der Waals surface area contributed by atoms with Crippen LogP contribution in [-0.4, -0.2) is 64.6 Å². The van der Waals surface area contributed by atoms with Crippen molar-refractivity contribution in [2.24, 2.45) is 0 Å². The maximum absolute atomic E-state index is 13.2. The number of anilines is 1. The molecule has 1 saturated heterocycles. The smallest absolute Gasteiger partial charge is 0.410 e. The third-order valence-electron chi connectivity index (χ3n) is 5.53. The van der Waals surface area contributed by atoms with Gasteiger partial charge in [0.05, 0.1) is 11.1 Å². The molecule has 3 aromatic rings. The fraction of sp³-hybridized carbons (Fsp3) is 0.435. The number of hydrogen-bond acceptors (Lipinski definition) is 7. The van der Waals surface area contributed by atoms with Gasteiger partial charge in [-0.2, -0.15) is 0 Å². The quantitative estimate of drug-likeness (QED) is 0.422. The van der Waals surface area contributed by atoms with Gasteiger partial charge in [0, 0.05) is 35.4 Å². The summed E-state index contributed by atoms with van der Waals surface area (Å²) in [5.74, 6) is 0.539. The highest BCUT2D eigenvalue weighted by Gasteiger charge is 2.32. The molecule has 11 heteroatoms. The number of fused-ring (bicyclic) bond motifs is 1. The third kappa shape index (κ3) is 5.14. The molecule has 9 nitrogen and oxygen atoms in total. The van der Waals surface area contributed by atoms with Crippen molar-refractivity contribution < 1.29 is 17.9 Å². The Morgan fingerprint density at radius 2 is 1.88 bits per heavy atom. The van der Waals surface area contributed by atoms with Crippen LogP contribution in [0.5, 0.6) is 0 Å². The summed E-state index contributed by atoms with van der Waals surface area (Å²) in [4.78, 5) is 25.2. The highest BCUT2D eigenvalue weighted by molar-refractivity contribution is 14.1. The second kappa shape index (κ2) is 9.33. The van der Waals surface area contributed by atoms with Crippen LogP contribution in [0, 0.1) is 3.57 Å². The van der Waals surface area contributed by atoms with E-state index in [0.717, 1.165) is 3.57 Å². The molecule has 2 aromatic heterocycles. The zero-order chi connectivity index (χ0) is 24.7. The normalized spacial score (nSPS) is 17.3. The monoisotopic (exact) mass is 597 g/mol. The number of carbonyl (C=O) groups excluding carboxylic acids is 1. The molecule has 0 spiro atoms. The highest BCUT2D eigenvalue weighted by atomic mass is 127. The van der Waals surface area contributed by atoms with E-state index in [9.17, 15) is 13.2 Å². The topological polar surface area (TPSA) is 97.6 Å². The number of rotatable bonds is 4. The van der Waals surface area contributed by atoms with Crippen LogP contribution in [-0.2, 0) is 20.5 Å². The lowest BCUT2D eigenvalue weighted by atomic mass is 10.1. The average molecular weight is 597 g/mol. The largest absolute Gasteiger partial charge is 0.444 e. The van der Waals surface area contributed by atoms with Gasteiger partial charge in [-0.15, -0.1) is 0 Å². The zero-order valence-electron chi connectivity index (χ0n) is 19.6. The molecule has 182 valence electrons. The number of halogens is 1. The molecule has 1 fully saturated rings. The molecule has 1 aromatic carbocycles. The van der Waals surface area contributed by atoms with Crippen molar-refractivity contribution in [3.8, 4) is 0 Å². The van der Waals surface area contributed by atoms with Crippen molar-refractivity contribution in [3.63, 3.8) is 0 Å². The maximum Gasteiger partial charge on any atom is 0.410 e. The minimum atomic E-state index is -3.68. The van der Waals surface area contributed by atoms with E-state index in [1.54, 1.807) is 23.2 Å². The van der Waals surface area contributed by atoms with E-state index < -0.39 is 15.6 Å². The molecule has 1 aliphatic rings. The Hall–Kier alpha value is -2.41. The van der Waals surface area contributed by atoms with Crippen molar-refractivity contribution in [2.75, 3.05) is 24.5 Å². The molecule has 1 amide bonds. The summed E-state index contributed by atoms with van der Waals surface area (Å²) in [5, 5.41) is 0.692. The van der Waals surface area contributed by atoms with Gasteiger partial charge in [-0.3, -0.25) is 0 Å². The summed E-state index contributed by atoms with van der Waals surface area (Å²) in [6.45, 7) is 9.06. The van der Waals surface area contributed by atoms with Crippen LogP contribution in [0.4, 0.5) is 10.6 Å². The van der Waals surface area contributed by atoms with Crippen molar-refractivity contribution in [3.05, 3.63) is 52.0 Å². The lowest BCUT2D eigenvalue weighted by Crippen LogP contribution is -2.54. The molecular formula is C23H28IN5O4S. The summed E-state index contributed by atoms with van der Waals surface area (Å²) < 4.78 is 34.0. The Morgan fingerprint density at radius 3 is 2.53 bits per heavy atom. The third-order valence-corrected chi connectivity index (χ3v) is 7.92. The number of ether oxygens (including phenoxy) is 1. The van der Waals surface area contributed by atoms with E-state index >= 15 is 0 Å². The number of piperazine rings is 1. The van der Waals surface area contributed by atoms with E-state index in [2.05, 4.69) is 37.5 Å². The number of carbonyl (C=O) groups is 1. The first-order valence-electron chi connectivity index (χ1n) is 11.0. The molecule has 3 heterocycles. The maximum atomic E-state index is 13.2. The summed E-state index contributed by atoms with van der Waals surface area (Å²) in [7, 11) is -3.68. The van der Waals surface area contributed by atoms with E-state index in [1.807, 2.05) is 45.9 Å². The van der Waals surface area contributed by atoms with Gasteiger partial charge in [0.25, 0.3) is 0 Å². The molecule has 0 radical (unpaired) electrons. The number of aromatic nitrogens is 3. The van der Waals surface area contributed by atoms with E-state index in [1.165, 1.54) is 10.3 Å². The minimum Gasteiger partial charge on any atom is -0.444 e. The lowest BCUT2D eigenvalue weighted by Gasteiger charge is -2.41. The van der Waals surface area contributed by atoms with Crippen LogP contribution < -0.4 is 4.90 Å². The Kier molecular flexibility index (Phi) is 6.78.